The zero-order chi connectivity index (χ0) is 21.0. The van der Waals surface area contributed by atoms with E-state index in [1.165, 1.54) is 12.1 Å². The second-order valence-electron chi connectivity index (χ2n) is 7.38. The molecule has 0 fully saturated rings. The Morgan fingerprint density at radius 3 is 2.77 bits per heavy atom. The van der Waals surface area contributed by atoms with Gasteiger partial charge in [-0.3, -0.25) is 14.9 Å². The van der Waals surface area contributed by atoms with E-state index in [0.29, 0.717) is 17.3 Å². The minimum atomic E-state index is -0.428. The Balaban J connectivity index is 1.69. The largest absolute Gasteiger partial charge is 0.311 e. The second kappa shape index (κ2) is 6.51. The number of hydrogen-bond acceptors (Lipinski definition) is 5. The lowest BCUT2D eigenvalue weighted by molar-refractivity contribution is -0.384. The summed E-state index contributed by atoms with van der Waals surface area (Å²) in [6.45, 7) is 1.87. The topological polar surface area (TPSA) is 108 Å². The molecule has 0 aliphatic carbocycles. The lowest BCUT2D eigenvalue weighted by atomic mass is 9.85. The van der Waals surface area contributed by atoms with Crippen LogP contribution in [0.2, 0.25) is 0 Å². The van der Waals surface area contributed by atoms with Crippen molar-refractivity contribution < 1.29 is 9.72 Å². The van der Waals surface area contributed by atoms with Crippen LogP contribution in [0.25, 0.3) is 17.0 Å². The van der Waals surface area contributed by atoms with E-state index < -0.39 is 4.92 Å². The normalized spacial score (nSPS) is 15.8. The third-order valence-electron chi connectivity index (χ3n) is 5.54. The average Bonchev–Trinajstić information content (AvgIpc) is 3.24. The number of aryl methyl sites for hydroxylation is 2. The molecule has 0 spiro atoms. The van der Waals surface area contributed by atoms with Gasteiger partial charge in [0.15, 0.2) is 0 Å². The number of para-hydroxylation sites is 2. The van der Waals surface area contributed by atoms with E-state index in [1.54, 1.807) is 10.7 Å². The van der Waals surface area contributed by atoms with Crippen molar-refractivity contribution in [3.8, 4) is 5.95 Å². The Kier molecular flexibility index (Phi) is 3.92. The Hall–Kier alpha value is -4.01. The molecule has 0 radical (unpaired) electrons. The number of nitrogens with zero attached hydrogens (tertiary/aromatic N) is 5. The number of nitro benzene ring substituents is 1. The Labute approximate surface area is 171 Å². The summed E-state index contributed by atoms with van der Waals surface area (Å²) in [4.78, 5) is 28.0. The Bertz CT molecular complexity index is 1340. The van der Waals surface area contributed by atoms with Gasteiger partial charge in [0, 0.05) is 37.1 Å². The van der Waals surface area contributed by atoms with Crippen LogP contribution in [-0.2, 0) is 11.8 Å². The minimum absolute atomic E-state index is 0.000396. The summed E-state index contributed by atoms with van der Waals surface area (Å²) in [6, 6.07) is 14.2. The number of hydrogen-bond donors (Lipinski definition) is 1. The lowest BCUT2D eigenvalue weighted by Gasteiger charge is -2.24. The van der Waals surface area contributed by atoms with E-state index in [0.717, 1.165) is 22.3 Å². The summed E-state index contributed by atoms with van der Waals surface area (Å²) in [6.07, 6.45) is 0.198. The van der Waals surface area contributed by atoms with Crippen LogP contribution in [0.4, 0.5) is 11.5 Å². The van der Waals surface area contributed by atoms with Crippen LogP contribution in [0.15, 0.2) is 48.5 Å². The van der Waals surface area contributed by atoms with Crippen LogP contribution in [-0.4, -0.2) is 30.2 Å². The van der Waals surface area contributed by atoms with E-state index >= 15 is 0 Å². The molecular formula is C21H18N6O3. The number of nitro groups is 1. The Morgan fingerprint density at radius 1 is 1.20 bits per heavy atom. The maximum absolute atomic E-state index is 12.6. The molecule has 150 valence electrons. The molecule has 0 saturated carbocycles. The first-order valence-corrected chi connectivity index (χ1v) is 9.49. The quantitative estimate of drug-likeness (QED) is 0.417. The van der Waals surface area contributed by atoms with Crippen LogP contribution < -0.4 is 5.32 Å². The van der Waals surface area contributed by atoms with Gasteiger partial charge in [0.05, 0.1) is 21.7 Å². The van der Waals surface area contributed by atoms with Crippen molar-refractivity contribution in [3.63, 3.8) is 0 Å². The zero-order valence-corrected chi connectivity index (χ0v) is 16.4. The van der Waals surface area contributed by atoms with Crippen molar-refractivity contribution in [2.24, 2.45) is 7.05 Å². The van der Waals surface area contributed by atoms with Crippen molar-refractivity contribution >= 4 is 28.4 Å². The highest BCUT2D eigenvalue weighted by Crippen LogP contribution is 2.41. The first kappa shape index (κ1) is 18.0. The van der Waals surface area contributed by atoms with Gasteiger partial charge in [-0.1, -0.05) is 24.3 Å². The van der Waals surface area contributed by atoms with Crippen LogP contribution in [0.3, 0.4) is 0 Å². The van der Waals surface area contributed by atoms with Gasteiger partial charge in [-0.2, -0.15) is 9.78 Å². The fourth-order valence-corrected chi connectivity index (χ4v) is 4.15. The molecule has 2 aromatic heterocycles. The van der Waals surface area contributed by atoms with Crippen molar-refractivity contribution in [1.82, 2.24) is 19.3 Å². The molecule has 1 aliphatic rings. The molecule has 0 bridgehead atoms. The van der Waals surface area contributed by atoms with Gasteiger partial charge in [0.1, 0.15) is 5.82 Å². The zero-order valence-electron chi connectivity index (χ0n) is 16.4. The molecule has 9 nitrogen and oxygen atoms in total. The van der Waals surface area contributed by atoms with E-state index in [2.05, 4.69) is 15.4 Å². The van der Waals surface area contributed by atoms with Crippen molar-refractivity contribution in [3.05, 3.63) is 75.5 Å². The Morgan fingerprint density at radius 2 is 2.00 bits per heavy atom. The molecule has 1 atom stereocenters. The predicted molar refractivity (Wildman–Crippen MR) is 111 cm³/mol. The number of benzene rings is 2. The van der Waals surface area contributed by atoms with Crippen LogP contribution in [0.5, 0.6) is 0 Å². The summed E-state index contributed by atoms with van der Waals surface area (Å²) in [7, 11) is 1.90. The van der Waals surface area contributed by atoms with Crippen LogP contribution in [0.1, 0.15) is 29.2 Å². The SMILES string of the molecule is Cc1nn(-c2nc3ccccc3n2C)c2c1[C@@H](c1cccc([N+](=O)[O-])c1)CC(=O)N2. The maximum Gasteiger partial charge on any atom is 0.269 e. The second-order valence-corrected chi connectivity index (χ2v) is 7.38. The molecule has 1 aliphatic heterocycles. The van der Waals surface area contributed by atoms with Gasteiger partial charge in [-0.05, 0) is 24.6 Å². The fourth-order valence-electron chi connectivity index (χ4n) is 4.15. The average molecular weight is 402 g/mol. The molecule has 3 heterocycles. The van der Waals surface area contributed by atoms with Gasteiger partial charge >= 0.3 is 0 Å². The highest BCUT2D eigenvalue weighted by Gasteiger charge is 2.34. The van der Waals surface area contributed by atoms with E-state index in [4.69, 9.17) is 0 Å². The highest BCUT2D eigenvalue weighted by atomic mass is 16.6. The van der Waals surface area contributed by atoms with Gasteiger partial charge < -0.3 is 9.88 Å². The summed E-state index contributed by atoms with van der Waals surface area (Å²) in [5, 5.41) is 18.8. The standard InChI is InChI=1S/C21H18N6O3/c1-12-19-15(13-6-5-7-14(10-13)27(29)30)11-18(28)23-20(19)26(24-12)21-22-16-8-3-4-9-17(16)25(21)2/h3-10,15H,11H2,1-2H3,(H,23,28)/t15-/m1/s1. The molecule has 1 amide bonds. The van der Waals surface area contributed by atoms with E-state index in [1.807, 2.05) is 48.9 Å². The molecule has 5 rings (SSSR count). The third kappa shape index (κ3) is 2.66. The molecule has 4 aromatic rings. The van der Waals surface area contributed by atoms with Crippen molar-refractivity contribution in [2.75, 3.05) is 5.32 Å². The maximum atomic E-state index is 12.6. The summed E-state index contributed by atoms with van der Waals surface area (Å²) < 4.78 is 3.57. The number of carbonyl (C=O) groups is 1. The molecule has 1 N–H and O–H groups in total. The van der Waals surface area contributed by atoms with Gasteiger partial charge in [0.25, 0.3) is 5.69 Å². The third-order valence-corrected chi connectivity index (χ3v) is 5.54. The number of aromatic nitrogens is 4. The lowest BCUT2D eigenvalue weighted by Crippen LogP contribution is -2.25. The number of anilines is 1. The van der Waals surface area contributed by atoms with E-state index in [-0.39, 0.29) is 23.9 Å². The highest BCUT2D eigenvalue weighted by molar-refractivity contribution is 5.95. The van der Waals surface area contributed by atoms with Crippen LogP contribution in [0, 0.1) is 17.0 Å². The summed E-state index contributed by atoms with van der Waals surface area (Å²) in [5.74, 6) is 0.648. The first-order chi connectivity index (χ1) is 14.4. The molecule has 30 heavy (non-hydrogen) atoms. The number of nitrogens with one attached hydrogen (secondary N) is 1. The van der Waals surface area contributed by atoms with Crippen molar-refractivity contribution in [1.29, 1.82) is 0 Å². The first-order valence-electron chi connectivity index (χ1n) is 9.49. The van der Waals surface area contributed by atoms with Gasteiger partial charge in [-0.15, -0.1) is 0 Å². The number of rotatable bonds is 3. The number of amides is 1. The summed E-state index contributed by atoms with van der Waals surface area (Å²) >= 11 is 0. The fraction of sp³-hybridized carbons (Fsp3) is 0.190. The number of imidazole rings is 1. The predicted octanol–water partition coefficient (Wildman–Crippen LogP) is 3.45. The van der Waals surface area contributed by atoms with E-state index in [9.17, 15) is 14.9 Å². The molecule has 2 aromatic carbocycles. The number of non-ortho nitro benzene ring substituents is 1. The number of fused-ring (bicyclic) bond motifs is 2. The smallest absolute Gasteiger partial charge is 0.269 e. The van der Waals surface area contributed by atoms with Crippen molar-refractivity contribution in [2.45, 2.75) is 19.3 Å². The molecule has 9 heteroatoms. The molecule has 0 saturated heterocycles. The minimum Gasteiger partial charge on any atom is -0.311 e. The number of carbonyl (C=O) groups excluding carboxylic acids is 1. The monoisotopic (exact) mass is 402 g/mol. The molecular weight excluding hydrogens is 384 g/mol. The molecule has 0 unspecified atom stereocenters. The van der Waals surface area contributed by atoms with Gasteiger partial charge in [-0.25, -0.2) is 4.98 Å². The van der Waals surface area contributed by atoms with Crippen LogP contribution >= 0.6 is 0 Å². The van der Waals surface area contributed by atoms with Gasteiger partial charge in [0.2, 0.25) is 11.9 Å². The summed E-state index contributed by atoms with van der Waals surface area (Å²) in [5.41, 5.74) is 4.09.